The van der Waals surface area contributed by atoms with Crippen LogP contribution in [0.5, 0.6) is 0 Å². The predicted octanol–water partition coefficient (Wildman–Crippen LogP) is 1.96. The van der Waals surface area contributed by atoms with Crippen LogP contribution in [0.4, 0.5) is 0 Å². The second kappa shape index (κ2) is 8.32. The molecule has 6 heteroatoms. The van der Waals surface area contributed by atoms with Gasteiger partial charge in [-0.2, -0.15) is 0 Å². The van der Waals surface area contributed by atoms with Gasteiger partial charge in [0, 0.05) is 31.1 Å². The molecule has 4 nitrogen and oxygen atoms in total. The van der Waals surface area contributed by atoms with Crippen molar-refractivity contribution in [1.29, 1.82) is 0 Å². The maximum Gasteiger partial charge on any atom is 0.0931 e. The summed E-state index contributed by atoms with van der Waals surface area (Å²) in [5.41, 5.74) is 0. The van der Waals surface area contributed by atoms with Gasteiger partial charge in [0.25, 0.3) is 0 Å². The molecule has 1 saturated heterocycles. The fraction of sp³-hybridized carbons (Fsp3) is 0.714. The highest BCUT2D eigenvalue weighted by Crippen LogP contribution is 2.21. The van der Waals surface area contributed by atoms with Crippen LogP contribution in [0.1, 0.15) is 17.7 Å². The maximum atomic E-state index is 9.73. The fourth-order valence-electron chi connectivity index (χ4n) is 2.55. The smallest absolute Gasteiger partial charge is 0.0931 e. The number of rotatable bonds is 7. The lowest BCUT2D eigenvalue weighted by atomic mass is 10.0. The number of methoxy groups -OCH3 is 1. The molecule has 1 aromatic heterocycles. The molecule has 0 radical (unpaired) electrons. The summed E-state index contributed by atoms with van der Waals surface area (Å²) in [5, 5.41) is 13.3. The molecule has 0 aromatic carbocycles. The Labute approximate surface area is 129 Å². The molecular weight excluding hydrogens is 296 g/mol. The van der Waals surface area contributed by atoms with E-state index in [4.69, 9.17) is 16.3 Å². The topological polar surface area (TPSA) is 44.7 Å². The van der Waals surface area contributed by atoms with Crippen LogP contribution < -0.4 is 5.32 Å². The lowest BCUT2D eigenvalue weighted by Crippen LogP contribution is -2.45. The van der Waals surface area contributed by atoms with E-state index in [-0.39, 0.29) is 6.10 Å². The van der Waals surface area contributed by atoms with Gasteiger partial charge in [0.15, 0.2) is 0 Å². The number of aliphatic hydroxyl groups is 1. The van der Waals surface area contributed by atoms with Gasteiger partial charge in [-0.15, -0.1) is 11.3 Å². The van der Waals surface area contributed by atoms with Crippen LogP contribution in [0.3, 0.4) is 0 Å². The number of hydrogen-bond donors (Lipinski definition) is 2. The summed E-state index contributed by atoms with van der Waals surface area (Å²) in [4.78, 5) is 3.59. The molecule has 1 aliphatic rings. The Hall–Kier alpha value is -0.170. The highest BCUT2D eigenvalue weighted by atomic mass is 35.5. The number of β-amino-alcohol motifs (C(OH)–C–C–N with tert-alkyl or cyclic N) is 1. The van der Waals surface area contributed by atoms with Gasteiger partial charge >= 0.3 is 0 Å². The molecule has 20 heavy (non-hydrogen) atoms. The first kappa shape index (κ1) is 16.2. The van der Waals surface area contributed by atoms with Gasteiger partial charge in [-0.3, -0.25) is 0 Å². The molecule has 1 fully saturated rings. The van der Waals surface area contributed by atoms with Crippen molar-refractivity contribution in [2.45, 2.75) is 31.5 Å². The summed E-state index contributed by atoms with van der Waals surface area (Å²) in [5.74, 6) is 0. The van der Waals surface area contributed by atoms with Crippen LogP contribution >= 0.6 is 22.9 Å². The van der Waals surface area contributed by atoms with Crippen molar-refractivity contribution >= 4 is 22.9 Å². The molecule has 1 aliphatic heterocycles. The molecule has 2 rings (SSSR count). The summed E-state index contributed by atoms with van der Waals surface area (Å²) in [6.07, 6.45) is 1.87. The van der Waals surface area contributed by atoms with Crippen molar-refractivity contribution in [3.63, 3.8) is 0 Å². The largest absolute Gasteiger partial charge is 0.389 e. The number of aliphatic hydroxyl groups excluding tert-OH is 1. The van der Waals surface area contributed by atoms with E-state index in [0.29, 0.717) is 19.2 Å². The quantitative estimate of drug-likeness (QED) is 0.807. The van der Waals surface area contributed by atoms with Gasteiger partial charge < -0.3 is 20.1 Å². The van der Waals surface area contributed by atoms with Gasteiger partial charge in [-0.05, 0) is 38.1 Å². The lowest BCUT2D eigenvalue weighted by Gasteiger charge is -2.33. The zero-order chi connectivity index (χ0) is 14.4. The van der Waals surface area contributed by atoms with E-state index in [1.54, 1.807) is 18.4 Å². The van der Waals surface area contributed by atoms with E-state index < -0.39 is 0 Å². The Bertz CT molecular complexity index is 394. The summed E-state index contributed by atoms with van der Waals surface area (Å²) in [6.45, 7) is 4.08. The Morgan fingerprint density at radius 2 is 2.25 bits per heavy atom. The Balaban J connectivity index is 1.64. The molecule has 0 spiro atoms. The third kappa shape index (κ3) is 5.31. The molecule has 2 heterocycles. The van der Waals surface area contributed by atoms with E-state index in [1.165, 1.54) is 4.88 Å². The second-order valence-electron chi connectivity index (χ2n) is 5.27. The first-order chi connectivity index (χ1) is 9.67. The Morgan fingerprint density at radius 1 is 1.50 bits per heavy atom. The summed E-state index contributed by atoms with van der Waals surface area (Å²) in [7, 11) is 1.62. The highest BCUT2D eigenvalue weighted by molar-refractivity contribution is 7.16. The molecule has 1 atom stereocenters. The standard InChI is InChI=1S/C14H23ClN2O2S/c1-19-10-12(18)9-17-6-4-11(5-7-17)16-8-13-2-3-14(15)20-13/h2-3,11-12,16,18H,4-10H2,1H3. The minimum absolute atomic E-state index is 0.377. The van der Waals surface area contributed by atoms with Crippen LogP contribution in [0.2, 0.25) is 4.34 Å². The molecule has 1 unspecified atom stereocenters. The van der Waals surface area contributed by atoms with Crippen molar-refractivity contribution in [3.05, 3.63) is 21.3 Å². The zero-order valence-corrected chi connectivity index (χ0v) is 13.4. The SMILES string of the molecule is COCC(O)CN1CCC(NCc2ccc(Cl)s2)CC1. The number of hydrogen-bond acceptors (Lipinski definition) is 5. The Morgan fingerprint density at radius 3 is 2.85 bits per heavy atom. The second-order valence-corrected chi connectivity index (χ2v) is 7.07. The van der Waals surface area contributed by atoms with Gasteiger partial charge in [-0.25, -0.2) is 0 Å². The normalized spacial score (nSPS) is 19.4. The third-order valence-electron chi connectivity index (χ3n) is 3.61. The fourth-order valence-corrected chi connectivity index (χ4v) is 3.59. The third-order valence-corrected chi connectivity index (χ3v) is 4.84. The van der Waals surface area contributed by atoms with Crippen molar-refractivity contribution in [2.24, 2.45) is 0 Å². The van der Waals surface area contributed by atoms with Crippen molar-refractivity contribution in [3.8, 4) is 0 Å². The van der Waals surface area contributed by atoms with Crippen molar-refractivity contribution in [1.82, 2.24) is 10.2 Å². The molecular formula is C14H23ClN2O2S. The molecule has 2 N–H and O–H groups in total. The van der Waals surface area contributed by atoms with Gasteiger partial charge in [0.2, 0.25) is 0 Å². The average Bonchev–Trinajstić information content (AvgIpc) is 2.84. The lowest BCUT2D eigenvalue weighted by molar-refractivity contribution is 0.0310. The number of piperidine rings is 1. The molecule has 0 saturated carbocycles. The monoisotopic (exact) mass is 318 g/mol. The maximum absolute atomic E-state index is 9.73. The number of thiophene rings is 1. The van der Waals surface area contributed by atoms with Gasteiger partial charge in [-0.1, -0.05) is 11.6 Å². The van der Waals surface area contributed by atoms with Crippen LogP contribution in [-0.4, -0.2) is 55.5 Å². The average molecular weight is 319 g/mol. The van der Waals surface area contributed by atoms with E-state index in [9.17, 15) is 5.11 Å². The van der Waals surface area contributed by atoms with E-state index in [0.717, 1.165) is 36.8 Å². The van der Waals surface area contributed by atoms with Crippen molar-refractivity contribution in [2.75, 3.05) is 33.4 Å². The molecule has 0 amide bonds. The van der Waals surface area contributed by atoms with Gasteiger partial charge in [0.05, 0.1) is 17.0 Å². The van der Waals surface area contributed by atoms with Crippen LogP contribution in [0.25, 0.3) is 0 Å². The van der Waals surface area contributed by atoms with Crippen LogP contribution in [0.15, 0.2) is 12.1 Å². The molecule has 114 valence electrons. The van der Waals surface area contributed by atoms with E-state index in [2.05, 4.69) is 16.3 Å². The first-order valence-corrected chi connectivity index (χ1v) is 8.23. The summed E-state index contributed by atoms with van der Waals surface area (Å²) >= 11 is 7.56. The summed E-state index contributed by atoms with van der Waals surface area (Å²) in [6, 6.07) is 4.59. The van der Waals surface area contributed by atoms with Crippen LogP contribution in [-0.2, 0) is 11.3 Å². The number of likely N-dealkylation sites (tertiary alicyclic amines) is 1. The predicted molar refractivity (Wildman–Crippen MR) is 83.5 cm³/mol. The number of halogens is 1. The van der Waals surface area contributed by atoms with E-state index >= 15 is 0 Å². The van der Waals surface area contributed by atoms with Crippen molar-refractivity contribution < 1.29 is 9.84 Å². The minimum Gasteiger partial charge on any atom is -0.389 e. The first-order valence-electron chi connectivity index (χ1n) is 7.04. The number of nitrogens with zero attached hydrogens (tertiary/aromatic N) is 1. The molecule has 1 aromatic rings. The highest BCUT2D eigenvalue weighted by Gasteiger charge is 2.20. The molecule has 0 aliphatic carbocycles. The summed E-state index contributed by atoms with van der Waals surface area (Å²) < 4.78 is 5.81. The number of ether oxygens (including phenoxy) is 1. The minimum atomic E-state index is -0.377. The van der Waals surface area contributed by atoms with Crippen LogP contribution in [0, 0.1) is 0 Å². The molecule has 0 bridgehead atoms. The van der Waals surface area contributed by atoms with Gasteiger partial charge in [0.1, 0.15) is 0 Å². The Kier molecular flexibility index (Phi) is 6.74. The number of nitrogens with one attached hydrogen (secondary N) is 1. The zero-order valence-electron chi connectivity index (χ0n) is 11.8. The van der Waals surface area contributed by atoms with E-state index in [1.807, 2.05) is 6.07 Å².